The van der Waals surface area contributed by atoms with Gasteiger partial charge in [-0.3, -0.25) is 0 Å². The highest BCUT2D eigenvalue weighted by molar-refractivity contribution is 6.31. The third kappa shape index (κ3) is 3.81. The molecule has 0 heterocycles. The molecule has 2 N–H and O–H groups in total. The molecule has 96 valence electrons. The number of alkyl halides is 5. The lowest BCUT2D eigenvalue weighted by Crippen LogP contribution is -2.15. The Kier molecular flexibility index (Phi) is 4.32. The van der Waals surface area contributed by atoms with E-state index in [2.05, 4.69) is 0 Å². The normalized spacial score (nSPS) is 14.1. The molecule has 0 bridgehead atoms. The minimum absolute atomic E-state index is 0.0120. The molecule has 0 fully saturated rings. The van der Waals surface area contributed by atoms with Gasteiger partial charge < -0.3 is 5.73 Å². The van der Waals surface area contributed by atoms with Crippen molar-refractivity contribution < 1.29 is 22.0 Å². The third-order valence-corrected chi connectivity index (χ3v) is 2.49. The van der Waals surface area contributed by atoms with Gasteiger partial charge >= 0.3 is 6.18 Å². The summed E-state index contributed by atoms with van der Waals surface area (Å²) in [4.78, 5) is 0. The van der Waals surface area contributed by atoms with Crippen LogP contribution in [0, 0.1) is 0 Å². The average Bonchev–Trinajstić information content (AvgIpc) is 2.15. The highest BCUT2D eigenvalue weighted by Crippen LogP contribution is 2.36. The minimum Gasteiger partial charge on any atom is -0.324 e. The molecule has 1 aromatic rings. The van der Waals surface area contributed by atoms with Gasteiger partial charge in [-0.25, -0.2) is 8.78 Å². The molecular weight excluding hydrogens is 265 g/mol. The zero-order valence-electron chi connectivity index (χ0n) is 8.44. The molecule has 0 aliphatic carbocycles. The topological polar surface area (TPSA) is 26.0 Å². The van der Waals surface area contributed by atoms with Crippen LogP contribution in [0.1, 0.15) is 23.6 Å². The van der Waals surface area contributed by atoms with Crippen molar-refractivity contribution in [1.29, 1.82) is 0 Å². The summed E-state index contributed by atoms with van der Waals surface area (Å²) in [5.41, 5.74) is 4.29. The molecule has 17 heavy (non-hydrogen) atoms. The highest BCUT2D eigenvalue weighted by Gasteiger charge is 2.33. The molecule has 1 atom stereocenters. The Balaban J connectivity index is 3.04. The summed E-state index contributed by atoms with van der Waals surface area (Å²) in [6, 6.07) is 1.78. The number of rotatable bonds is 3. The monoisotopic (exact) mass is 273 g/mol. The van der Waals surface area contributed by atoms with E-state index in [1.165, 1.54) is 6.07 Å². The fourth-order valence-corrected chi connectivity index (χ4v) is 1.54. The summed E-state index contributed by atoms with van der Waals surface area (Å²) in [5.74, 6) is 0. The molecule has 0 unspecified atom stereocenters. The summed E-state index contributed by atoms with van der Waals surface area (Å²) < 4.78 is 61.6. The molecule has 0 amide bonds. The third-order valence-electron chi connectivity index (χ3n) is 2.16. The fourth-order valence-electron chi connectivity index (χ4n) is 1.32. The lowest BCUT2D eigenvalue weighted by atomic mass is 10.0. The Hall–Kier alpha value is -0.880. The van der Waals surface area contributed by atoms with Gasteiger partial charge in [0.15, 0.2) is 0 Å². The van der Waals surface area contributed by atoms with E-state index in [-0.39, 0.29) is 5.56 Å². The Labute approximate surface area is 99.4 Å². The van der Waals surface area contributed by atoms with Crippen molar-refractivity contribution in [1.82, 2.24) is 0 Å². The number of benzene rings is 1. The van der Waals surface area contributed by atoms with E-state index in [0.717, 1.165) is 6.07 Å². The van der Waals surface area contributed by atoms with Gasteiger partial charge in [-0.2, -0.15) is 13.2 Å². The quantitative estimate of drug-likeness (QED) is 0.827. The SMILES string of the molecule is N[C@H](CC(F)F)c1ccc(Cl)c(C(F)(F)F)c1. The van der Waals surface area contributed by atoms with Crippen LogP contribution in [0.3, 0.4) is 0 Å². The van der Waals surface area contributed by atoms with Crippen LogP contribution in [-0.4, -0.2) is 6.43 Å². The molecular formula is C10H9ClF5N. The summed E-state index contributed by atoms with van der Waals surface area (Å²) in [6.45, 7) is 0. The van der Waals surface area contributed by atoms with Crippen LogP contribution in [-0.2, 0) is 6.18 Å². The van der Waals surface area contributed by atoms with E-state index < -0.39 is 35.7 Å². The first kappa shape index (κ1) is 14.2. The zero-order chi connectivity index (χ0) is 13.2. The molecule has 7 heteroatoms. The first-order valence-corrected chi connectivity index (χ1v) is 5.00. The van der Waals surface area contributed by atoms with Gasteiger partial charge in [0.1, 0.15) is 0 Å². The Morgan fingerprint density at radius 1 is 1.24 bits per heavy atom. The molecule has 1 aromatic carbocycles. The van der Waals surface area contributed by atoms with Crippen molar-refractivity contribution in [2.45, 2.75) is 25.1 Å². The largest absolute Gasteiger partial charge is 0.417 e. The van der Waals surface area contributed by atoms with Crippen molar-refractivity contribution in [3.8, 4) is 0 Å². The van der Waals surface area contributed by atoms with Gasteiger partial charge in [-0.1, -0.05) is 17.7 Å². The van der Waals surface area contributed by atoms with E-state index in [1.54, 1.807) is 0 Å². The second kappa shape index (κ2) is 5.18. The maximum atomic E-state index is 12.5. The molecule has 0 aromatic heterocycles. The number of nitrogens with two attached hydrogens (primary N) is 1. The smallest absolute Gasteiger partial charge is 0.324 e. The van der Waals surface area contributed by atoms with Gasteiger partial charge in [0.25, 0.3) is 0 Å². The summed E-state index contributed by atoms with van der Waals surface area (Å²) in [6.07, 6.45) is -7.99. The van der Waals surface area contributed by atoms with Crippen LogP contribution in [0.4, 0.5) is 22.0 Å². The molecule has 1 nitrogen and oxygen atoms in total. The van der Waals surface area contributed by atoms with Crippen LogP contribution in [0.25, 0.3) is 0 Å². The van der Waals surface area contributed by atoms with Crippen LogP contribution in [0.15, 0.2) is 18.2 Å². The standard InChI is InChI=1S/C10H9ClF5N/c11-7-2-1-5(8(17)4-9(12)13)3-6(7)10(14,15)16/h1-3,8-9H,4,17H2/t8-/m1/s1. The lowest BCUT2D eigenvalue weighted by Gasteiger charge is -2.15. The van der Waals surface area contributed by atoms with E-state index in [9.17, 15) is 22.0 Å². The van der Waals surface area contributed by atoms with Gasteiger partial charge in [0, 0.05) is 12.5 Å². The lowest BCUT2D eigenvalue weighted by molar-refractivity contribution is -0.137. The average molecular weight is 274 g/mol. The van der Waals surface area contributed by atoms with Gasteiger partial charge in [0.2, 0.25) is 6.43 Å². The predicted molar refractivity (Wildman–Crippen MR) is 54.0 cm³/mol. The molecule has 0 saturated heterocycles. The summed E-state index contributed by atoms with van der Waals surface area (Å²) in [7, 11) is 0. The van der Waals surface area contributed by atoms with E-state index in [1.807, 2.05) is 0 Å². The number of halogens is 6. The maximum Gasteiger partial charge on any atom is 0.417 e. The van der Waals surface area contributed by atoms with Crippen molar-refractivity contribution in [2.75, 3.05) is 0 Å². The number of hydrogen-bond acceptors (Lipinski definition) is 1. The van der Waals surface area contributed by atoms with Gasteiger partial charge in [-0.05, 0) is 17.7 Å². The fraction of sp³-hybridized carbons (Fsp3) is 0.400. The predicted octanol–water partition coefficient (Wildman–Crippen LogP) is 4.01. The van der Waals surface area contributed by atoms with Crippen LogP contribution in [0.2, 0.25) is 5.02 Å². The van der Waals surface area contributed by atoms with Crippen molar-refractivity contribution in [2.24, 2.45) is 5.73 Å². The second-order valence-corrected chi connectivity index (χ2v) is 3.88. The highest BCUT2D eigenvalue weighted by atomic mass is 35.5. The molecule has 0 radical (unpaired) electrons. The number of hydrogen-bond donors (Lipinski definition) is 1. The van der Waals surface area contributed by atoms with E-state index >= 15 is 0 Å². The molecule has 1 rings (SSSR count). The van der Waals surface area contributed by atoms with Crippen LogP contribution < -0.4 is 5.73 Å². The first-order chi connectivity index (χ1) is 7.71. The van der Waals surface area contributed by atoms with Gasteiger partial charge in [0.05, 0.1) is 10.6 Å². The summed E-state index contributed by atoms with van der Waals surface area (Å²) >= 11 is 5.38. The van der Waals surface area contributed by atoms with E-state index in [4.69, 9.17) is 17.3 Å². The summed E-state index contributed by atoms with van der Waals surface area (Å²) in [5, 5.41) is -0.481. The Morgan fingerprint density at radius 3 is 2.29 bits per heavy atom. The Morgan fingerprint density at radius 2 is 1.82 bits per heavy atom. The Bertz CT molecular complexity index is 391. The minimum atomic E-state index is -4.63. The molecule has 0 aliphatic rings. The maximum absolute atomic E-state index is 12.5. The van der Waals surface area contributed by atoms with Crippen LogP contribution >= 0.6 is 11.6 Å². The van der Waals surface area contributed by atoms with Crippen molar-refractivity contribution >= 4 is 11.6 Å². The van der Waals surface area contributed by atoms with Crippen LogP contribution in [0.5, 0.6) is 0 Å². The second-order valence-electron chi connectivity index (χ2n) is 3.47. The zero-order valence-corrected chi connectivity index (χ0v) is 9.19. The van der Waals surface area contributed by atoms with Gasteiger partial charge in [-0.15, -0.1) is 0 Å². The van der Waals surface area contributed by atoms with Crippen molar-refractivity contribution in [3.05, 3.63) is 34.3 Å². The van der Waals surface area contributed by atoms with Crippen molar-refractivity contribution in [3.63, 3.8) is 0 Å². The van der Waals surface area contributed by atoms with E-state index in [0.29, 0.717) is 6.07 Å². The molecule has 0 spiro atoms. The molecule has 0 aliphatic heterocycles. The molecule has 0 saturated carbocycles. The first-order valence-electron chi connectivity index (χ1n) is 4.62.